The van der Waals surface area contributed by atoms with E-state index in [1.807, 2.05) is 0 Å². The average molecular weight is 184 g/mol. The number of nitriles is 2. The predicted molar refractivity (Wildman–Crippen MR) is 48.0 cm³/mol. The van der Waals surface area contributed by atoms with Crippen molar-refractivity contribution in [2.75, 3.05) is 0 Å². The molecule has 0 saturated carbocycles. The first-order valence-electron chi connectivity index (χ1n) is 3.74. The first-order valence-corrected chi connectivity index (χ1v) is 3.74. The Hall–Kier alpha value is -2.60. The summed E-state index contributed by atoms with van der Waals surface area (Å²) in [5.74, 6) is 0.474. The lowest BCUT2D eigenvalue weighted by molar-refractivity contribution is 1.20. The number of nitrogens with zero attached hydrogens (tertiary/aromatic N) is 4. The first-order chi connectivity index (χ1) is 6.86. The minimum absolute atomic E-state index is 0.00153. The molecule has 0 unspecified atom stereocenters. The summed E-state index contributed by atoms with van der Waals surface area (Å²) in [7, 11) is 0. The van der Waals surface area contributed by atoms with Gasteiger partial charge in [0.1, 0.15) is 17.8 Å². The Kier molecular flexibility index (Phi) is 1.74. The van der Waals surface area contributed by atoms with Gasteiger partial charge in [0.2, 0.25) is 0 Å². The molecule has 2 rings (SSSR count). The van der Waals surface area contributed by atoms with Crippen molar-refractivity contribution in [2.45, 2.75) is 0 Å². The molecule has 6 nitrogen and oxygen atoms in total. The number of hydrogen-bond acceptors (Lipinski definition) is 5. The van der Waals surface area contributed by atoms with Gasteiger partial charge in [-0.2, -0.15) is 10.5 Å². The standard InChI is InChI=1S/C8H4N6/c9-1-5(2-10)6-7-8(13-3-11-6)14-4-12-7/h3-4H,(H,11,13)(H,12,14). The fourth-order valence-electron chi connectivity index (χ4n) is 1.13. The summed E-state index contributed by atoms with van der Waals surface area (Å²) in [6, 6.07) is 3.60. The van der Waals surface area contributed by atoms with Gasteiger partial charge in [-0.05, 0) is 0 Å². The fourth-order valence-corrected chi connectivity index (χ4v) is 1.13. The molecule has 1 aliphatic rings. The highest BCUT2D eigenvalue weighted by atomic mass is 15.1. The van der Waals surface area contributed by atoms with Crippen molar-refractivity contribution in [3.8, 4) is 12.1 Å². The van der Waals surface area contributed by atoms with Gasteiger partial charge in [-0.15, -0.1) is 0 Å². The molecule has 0 bridgehead atoms. The van der Waals surface area contributed by atoms with Crippen LogP contribution in [0.5, 0.6) is 0 Å². The minimum Gasteiger partial charge on any atom is -0.343 e. The van der Waals surface area contributed by atoms with Gasteiger partial charge >= 0.3 is 0 Å². The molecule has 1 aromatic heterocycles. The third-order valence-electron chi connectivity index (χ3n) is 1.74. The van der Waals surface area contributed by atoms with Crippen LogP contribution in [0.25, 0.3) is 5.70 Å². The maximum Gasteiger partial charge on any atom is 0.181 e. The maximum atomic E-state index is 8.69. The van der Waals surface area contributed by atoms with Crippen LogP contribution >= 0.6 is 0 Å². The lowest BCUT2D eigenvalue weighted by Gasteiger charge is -2.09. The van der Waals surface area contributed by atoms with E-state index >= 15 is 0 Å². The van der Waals surface area contributed by atoms with Crippen LogP contribution in [0.3, 0.4) is 0 Å². The van der Waals surface area contributed by atoms with Crippen LogP contribution in [0.2, 0.25) is 0 Å². The van der Waals surface area contributed by atoms with Crippen LogP contribution in [0.1, 0.15) is 5.69 Å². The Morgan fingerprint density at radius 3 is 2.86 bits per heavy atom. The molecule has 2 N–H and O–H groups in total. The summed E-state index contributed by atoms with van der Waals surface area (Å²) in [4.78, 5) is 10.6. The molecule has 1 aliphatic heterocycles. The Morgan fingerprint density at radius 2 is 2.14 bits per heavy atom. The summed E-state index contributed by atoms with van der Waals surface area (Å²) in [5, 5.41) is 20.1. The zero-order chi connectivity index (χ0) is 9.97. The highest BCUT2D eigenvalue weighted by Gasteiger charge is 2.17. The number of fused-ring (bicyclic) bond motifs is 1. The highest BCUT2D eigenvalue weighted by Crippen LogP contribution is 2.24. The molecule has 1 aromatic rings. The number of aliphatic imine (C=N–C) groups is 1. The van der Waals surface area contributed by atoms with E-state index in [2.05, 4.69) is 20.3 Å². The quantitative estimate of drug-likeness (QED) is 0.571. The molecule has 6 heteroatoms. The number of aromatic nitrogens is 2. The van der Waals surface area contributed by atoms with E-state index in [9.17, 15) is 0 Å². The van der Waals surface area contributed by atoms with Gasteiger partial charge in [0.25, 0.3) is 0 Å². The molecule has 14 heavy (non-hydrogen) atoms. The van der Waals surface area contributed by atoms with E-state index in [0.29, 0.717) is 17.2 Å². The van der Waals surface area contributed by atoms with Crippen LogP contribution in [-0.2, 0) is 0 Å². The van der Waals surface area contributed by atoms with Gasteiger partial charge in [-0.3, -0.25) is 0 Å². The van der Waals surface area contributed by atoms with Crippen molar-refractivity contribution in [1.82, 2.24) is 15.3 Å². The fraction of sp³-hybridized carbons (Fsp3) is 0. The molecule has 0 fully saturated rings. The summed E-state index contributed by atoms with van der Waals surface area (Å²) >= 11 is 0. The zero-order valence-electron chi connectivity index (χ0n) is 6.94. The van der Waals surface area contributed by atoms with Gasteiger partial charge in [0.15, 0.2) is 11.4 Å². The molecular formula is C8H4N6. The van der Waals surface area contributed by atoms with E-state index in [-0.39, 0.29) is 5.57 Å². The zero-order valence-corrected chi connectivity index (χ0v) is 6.94. The summed E-state index contributed by atoms with van der Waals surface area (Å²) < 4.78 is 0. The predicted octanol–water partition coefficient (Wildman–Crippen LogP) is 0.431. The van der Waals surface area contributed by atoms with Gasteiger partial charge in [-0.25, -0.2) is 9.98 Å². The van der Waals surface area contributed by atoms with Crippen LogP contribution in [0.15, 0.2) is 16.9 Å². The van der Waals surface area contributed by atoms with Crippen LogP contribution in [0, 0.1) is 22.7 Å². The summed E-state index contributed by atoms with van der Waals surface area (Å²) in [6.07, 6.45) is 2.86. The Balaban J connectivity index is 2.65. The molecule has 0 aliphatic carbocycles. The molecule has 0 saturated heterocycles. The first kappa shape index (κ1) is 8.02. The number of aromatic amines is 1. The number of nitrogens with one attached hydrogen (secondary N) is 2. The third kappa shape index (κ3) is 1.03. The molecule has 0 atom stereocenters. The van der Waals surface area contributed by atoms with Crippen LogP contribution in [0.4, 0.5) is 5.82 Å². The van der Waals surface area contributed by atoms with Crippen LogP contribution < -0.4 is 5.32 Å². The summed E-state index contributed by atoms with van der Waals surface area (Å²) in [5.41, 5.74) is 0.977. The van der Waals surface area contributed by atoms with Crippen molar-refractivity contribution in [3.05, 3.63) is 17.6 Å². The molecule has 0 amide bonds. The van der Waals surface area contributed by atoms with Crippen molar-refractivity contribution in [2.24, 2.45) is 4.99 Å². The van der Waals surface area contributed by atoms with Gasteiger partial charge in [0, 0.05) is 0 Å². The SMILES string of the molecule is N#CC(C#N)=C1NC=Nc2nc[nH]c21. The Labute approximate surface area is 79.2 Å². The lowest BCUT2D eigenvalue weighted by Crippen LogP contribution is -2.15. The molecule has 0 spiro atoms. The number of imidazole rings is 1. The van der Waals surface area contributed by atoms with Gasteiger partial charge in [0.05, 0.1) is 18.4 Å². The lowest BCUT2D eigenvalue weighted by atomic mass is 10.2. The van der Waals surface area contributed by atoms with Gasteiger partial charge < -0.3 is 10.3 Å². The van der Waals surface area contributed by atoms with Crippen molar-refractivity contribution in [1.29, 1.82) is 10.5 Å². The molecule has 66 valence electrons. The minimum atomic E-state index is 0.00153. The second-order valence-corrected chi connectivity index (χ2v) is 2.48. The molecule has 2 heterocycles. The topological polar surface area (TPSA) is 101 Å². The molecular weight excluding hydrogens is 180 g/mol. The second kappa shape index (κ2) is 3.04. The van der Waals surface area contributed by atoms with Crippen molar-refractivity contribution < 1.29 is 0 Å². The smallest absolute Gasteiger partial charge is 0.181 e. The second-order valence-electron chi connectivity index (χ2n) is 2.48. The van der Waals surface area contributed by atoms with Crippen molar-refractivity contribution >= 4 is 17.9 Å². The third-order valence-corrected chi connectivity index (χ3v) is 1.74. The molecule has 0 aromatic carbocycles. The normalized spacial score (nSPS) is 12.3. The number of H-pyrrole nitrogens is 1. The maximum absolute atomic E-state index is 8.69. The molecule has 0 radical (unpaired) electrons. The van der Waals surface area contributed by atoms with Gasteiger partial charge in [-0.1, -0.05) is 0 Å². The number of rotatable bonds is 0. The van der Waals surface area contributed by atoms with E-state index < -0.39 is 0 Å². The average Bonchev–Trinajstić information content (AvgIpc) is 2.68. The van der Waals surface area contributed by atoms with E-state index in [1.165, 1.54) is 12.7 Å². The van der Waals surface area contributed by atoms with E-state index in [4.69, 9.17) is 10.5 Å². The van der Waals surface area contributed by atoms with Crippen LogP contribution in [-0.4, -0.2) is 16.3 Å². The highest BCUT2D eigenvalue weighted by molar-refractivity contribution is 5.88. The largest absolute Gasteiger partial charge is 0.343 e. The number of hydrogen-bond donors (Lipinski definition) is 2. The Morgan fingerprint density at radius 1 is 1.36 bits per heavy atom. The van der Waals surface area contributed by atoms with Crippen molar-refractivity contribution in [3.63, 3.8) is 0 Å². The van der Waals surface area contributed by atoms with E-state index in [1.54, 1.807) is 12.1 Å². The van der Waals surface area contributed by atoms with E-state index in [0.717, 1.165) is 0 Å². The Bertz CT molecular complexity index is 491. The monoisotopic (exact) mass is 184 g/mol. The summed E-state index contributed by atoms with van der Waals surface area (Å²) in [6.45, 7) is 0. The number of allylic oxidation sites excluding steroid dienone is 1.